The van der Waals surface area contributed by atoms with Crippen molar-refractivity contribution < 1.29 is 9.53 Å². The van der Waals surface area contributed by atoms with E-state index < -0.39 is 0 Å². The number of carbonyl (C=O) groups excluding carboxylic acids is 1. The van der Waals surface area contributed by atoms with Crippen molar-refractivity contribution in [2.75, 3.05) is 13.7 Å². The van der Waals surface area contributed by atoms with E-state index >= 15 is 0 Å². The average molecular weight is 275 g/mol. The molecular weight excluding hydrogens is 250 g/mol. The lowest BCUT2D eigenvalue weighted by molar-refractivity contribution is -0.121. The maximum Gasteiger partial charge on any atom is 0.219 e. The van der Waals surface area contributed by atoms with Crippen LogP contribution >= 0.6 is 0 Å². The standard InChI is InChI=1S/C17H25NO2/c1-3-5-17(19)18-11-10-13-6-4-7-14-12-15(20-2)8-9-16(13)14/h8-9,12-13H,3-7,10-11H2,1-2H3,(H,18,19). The third-order valence-corrected chi connectivity index (χ3v) is 4.08. The Balaban J connectivity index is 1.93. The van der Waals surface area contributed by atoms with Gasteiger partial charge in [0.2, 0.25) is 5.91 Å². The van der Waals surface area contributed by atoms with E-state index in [1.54, 1.807) is 7.11 Å². The third kappa shape index (κ3) is 3.75. The topological polar surface area (TPSA) is 38.3 Å². The molecule has 20 heavy (non-hydrogen) atoms. The molecule has 0 spiro atoms. The van der Waals surface area contributed by atoms with Crippen LogP contribution in [-0.4, -0.2) is 19.6 Å². The van der Waals surface area contributed by atoms with Gasteiger partial charge in [0.05, 0.1) is 7.11 Å². The molecule has 0 aromatic heterocycles. The molecule has 0 saturated heterocycles. The van der Waals surface area contributed by atoms with E-state index in [1.807, 2.05) is 13.0 Å². The Morgan fingerprint density at radius 2 is 2.30 bits per heavy atom. The molecule has 1 aliphatic rings. The largest absolute Gasteiger partial charge is 0.497 e. The molecule has 1 atom stereocenters. The van der Waals surface area contributed by atoms with E-state index in [2.05, 4.69) is 17.4 Å². The summed E-state index contributed by atoms with van der Waals surface area (Å²) in [4.78, 5) is 11.5. The molecule has 2 rings (SSSR count). The second kappa shape index (κ2) is 7.32. The highest BCUT2D eigenvalue weighted by atomic mass is 16.5. The third-order valence-electron chi connectivity index (χ3n) is 4.08. The van der Waals surface area contributed by atoms with Gasteiger partial charge in [0, 0.05) is 13.0 Å². The number of nitrogens with one attached hydrogen (secondary N) is 1. The van der Waals surface area contributed by atoms with Crippen molar-refractivity contribution in [1.29, 1.82) is 0 Å². The molecule has 0 bridgehead atoms. The zero-order valence-corrected chi connectivity index (χ0v) is 12.6. The van der Waals surface area contributed by atoms with Gasteiger partial charge in [-0.15, -0.1) is 0 Å². The lowest BCUT2D eigenvalue weighted by Gasteiger charge is -2.26. The number of carbonyl (C=O) groups is 1. The molecule has 3 nitrogen and oxygen atoms in total. The van der Waals surface area contributed by atoms with Gasteiger partial charge in [-0.05, 0) is 61.3 Å². The highest BCUT2D eigenvalue weighted by Crippen LogP contribution is 2.35. The van der Waals surface area contributed by atoms with E-state index in [0.717, 1.165) is 31.6 Å². The molecule has 110 valence electrons. The van der Waals surface area contributed by atoms with Gasteiger partial charge in [0.15, 0.2) is 0 Å². The smallest absolute Gasteiger partial charge is 0.219 e. The summed E-state index contributed by atoms with van der Waals surface area (Å²) in [6, 6.07) is 6.41. The van der Waals surface area contributed by atoms with Crippen LogP contribution < -0.4 is 10.1 Å². The van der Waals surface area contributed by atoms with E-state index in [0.29, 0.717) is 12.3 Å². The first kappa shape index (κ1) is 14.9. The van der Waals surface area contributed by atoms with Gasteiger partial charge >= 0.3 is 0 Å². The van der Waals surface area contributed by atoms with Crippen molar-refractivity contribution in [1.82, 2.24) is 5.32 Å². The van der Waals surface area contributed by atoms with Crippen LogP contribution in [0.25, 0.3) is 0 Å². The molecule has 0 aliphatic heterocycles. The van der Waals surface area contributed by atoms with Crippen LogP contribution in [0.3, 0.4) is 0 Å². The number of fused-ring (bicyclic) bond motifs is 1. The zero-order valence-electron chi connectivity index (χ0n) is 12.6. The van der Waals surface area contributed by atoms with E-state index in [-0.39, 0.29) is 5.91 Å². The fraction of sp³-hybridized carbons (Fsp3) is 0.588. The summed E-state index contributed by atoms with van der Waals surface area (Å²) in [6.45, 7) is 2.82. The van der Waals surface area contributed by atoms with Gasteiger partial charge < -0.3 is 10.1 Å². The SMILES string of the molecule is CCCC(=O)NCCC1CCCc2cc(OC)ccc21. The first-order valence-electron chi connectivity index (χ1n) is 7.68. The van der Waals surface area contributed by atoms with Crippen LogP contribution in [0.4, 0.5) is 0 Å². The maximum atomic E-state index is 11.5. The van der Waals surface area contributed by atoms with Crippen LogP contribution in [0.15, 0.2) is 18.2 Å². The first-order valence-corrected chi connectivity index (χ1v) is 7.68. The van der Waals surface area contributed by atoms with Gasteiger partial charge in [-0.3, -0.25) is 4.79 Å². The second-order valence-electron chi connectivity index (χ2n) is 5.54. The van der Waals surface area contributed by atoms with E-state index in [1.165, 1.54) is 24.0 Å². The van der Waals surface area contributed by atoms with Crippen molar-refractivity contribution >= 4 is 5.91 Å². The minimum Gasteiger partial charge on any atom is -0.497 e. The summed E-state index contributed by atoms with van der Waals surface area (Å²) in [6.07, 6.45) is 6.19. The number of hydrogen-bond acceptors (Lipinski definition) is 2. The summed E-state index contributed by atoms with van der Waals surface area (Å²) in [7, 11) is 1.71. The summed E-state index contributed by atoms with van der Waals surface area (Å²) in [5.74, 6) is 1.70. The van der Waals surface area contributed by atoms with E-state index in [9.17, 15) is 4.79 Å². The van der Waals surface area contributed by atoms with Gasteiger partial charge in [0.1, 0.15) is 5.75 Å². The van der Waals surface area contributed by atoms with Crippen LogP contribution in [-0.2, 0) is 11.2 Å². The lowest BCUT2D eigenvalue weighted by Crippen LogP contribution is -2.25. The van der Waals surface area contributed by atoms with Crippen molar-refractivity contribution in [3.8, 4) is 5.75 Å². The van der Waals surface area contributed by atoms with Gasteiger partial charge in [-0.2, -0.15) is 0 Å². The van der Waals surface area contributed by atoms with Gasteiger partial charge in [-0.1, -0.05) is 13.0 Å². The number of benzene rings is 1. The molecule has 1 N–H and O–H groups in total. The quantitative estimate of drug-likeness (QED) is 0.864. The Kier molecular flexibility index (Phi) is 5.45. The molecule has 1 unspecified atom stereocenters. The Hall–Kier alpha value is -1.51. The molecule has 0 radical (unpaired) electrons. The molecule has 3 heteroatoms. The molecule has 1 aliphatic carbocycles. The predicted octanol–water partition coefficient (Wildman–Crippen LogP) is 3.42. The lowest BCUT2D eigenvalue weighted by atomic mass is 9.81. The Bertz CT molecular complexity index is 456. The van der Waals surface area contributed by atoms with Crippen molar-refractivity contribution in [2.24, 2.45) is 0 Å². The van der Waals surface area contributed by atoms with Gasteiger partial charge in [0.25, 0.3) is 0 Å². The van der Waals surface area contributed by atoms with Crippen molar-refractivity contribution in [3.63, 3.8) is 0 Å². The molecule has 0 fully saturated rings. The Morgan fingerprint density at radius 3 is 3.05 bits per heavy atom. The van der Waals surface area contributed by atoms with Crippen LogP contribution in [0.5, 0.6) is 5.75 Å². The summed E-state index contributed by atoms with van der Waals surface area (Å²) in [5.41, 5.74) is 2.86. The number of hydrogen-bond donors (Lipinski definition) is 1. The zero-order chi connectivity index (χ0) is 14.4. The highest BCUT2D eigenvalue weighted by Gasteiger charge is 2.20. The summed E-state index contributed by atoms with van der Waals surface area (Å²) < 4.78 is 5.30. The fourth-order valence-corrected chi connectivity index (χ4v) is 3.02. The number of rotatable bonds is 6. The van der Waals surface area contributed by atoms with Gasteiger partial charge in [-0.25, -0.2) is 0 Å². The predicted molar refractivity (Wildman–Crippen MR) is 81.2 cm³/mol. The molecular formula is C17H25NO2. The number of amides is 1. The molecule has 0 saturated carbocycles. The van der Waals surface area contributed by atoms with E-state index in [4.69, 9.17) is 4.74 Å². The minimum atomic E-state index is 0.179. The minimum absolute atomic E-state index is 0.179. The molecule has 0 heterocycles. The number of aryl methyl sites for hydroxylation is 1. The molecule has 1 aromatic carbocycles. The molecule has 1 amide bonds. The van der Waals surface area contributed by atoms with Crippen molar-refractivity contribution in [2.45, 2.75) is 51.4 Å². The highest BCUT2D eigenvalue weighted by molar-refractivity contribution is 5.75. The second-order valence-corrected chi connectivity index (χ2v) is 5.54. The first-order chi connectivity index (χ1) is 9.74. The van der Waals surface area contributed by atoms with Crippen LogP contribution in [0.2, 0.25) is 0 Å². The van der Waals surface area contributed by atoms with Crippen LogP contribution in [0, 0.1) is 0 Å². The maximum absolute atomic E-state index is 11.5. The number of ether oxygens (including phenoxy) is 1. The van der Waals surface area contributed by atoms with Crippen molar-refractivity contribution in [3.05, 3.63) is 29.3 Å². The monoisotopic (exact) mass is 275 g/mol. The Morgan fingerprint density at radius 1 is 1.45 bits per heavy atom. The summed E-state index contributed by atoms with van der Waals surface area (Å²) >= 11 is 0. The number of methoxy groups -OCH3 is 1. The molecule has 1 aromatic rings. The van der Waals surface area contributed by atoms with Crippen LogP contribution in [0.1, 0.15) is 56.1 Å². The Labute approximate surface area is 121 Å². The fourth-order valence-electron chi connectivity index (χ4n) is 3.02. The summed E-state index contributed by atoms with van der Waals surface area (Å²) in [5, 5.41) is 3.02. The normalized spacial score (nSPS) is 17.4. The average Bonchev–Trinajstić information content (AvgIpc) is 2.47.